The van der Waals surface area contributed by atoms with E-state index < -0.39 is 11.7 Å². The molecule has 2 aromatic rings. The van der Waals surface area contributed by atoms with E-state index in [4.69, 9.17) is 21.4 Å². The molecule has 0 aliphatic carbocycles. The Kier molecular flexibility index (Phi) is 4.10. The second kappa shape index (κ2) is 5.79. The van der Waals surface area contributed by atoms with Gasteiger partial charge in [-0.25, -0.2) is 9.18 Å². The number of halogens is 2. The molecule has 0 radical (unpaired) electrons. The van der Waals surface area contributed by atoms with Crippen LogP contribution in [0.15, 0.2) is 36.4 Å². The molecule has 0 saturated heterocycles. The average molecular weight is 297 g/mol. The van der Waals surface area contributed by atoms with E-state index in [0.717, 1.165) is 0 Å². The second-order valence-electron chi connectivity index (χ2n) is 4.02. The molecule has 2 aromatic carbocycles. The zero-order valence-corrected chi connectivity index (χ0v) is 10.9. The lowest BCUT2D eigenvalue weighted by molar-refractivity contribution is 0.0693. The first-order valence-corrected chi connectivity index (χ1v) is 5.98. The third kappa shape index (κ3) is 3.19. The van der Waals surface area contributed by atoms with Gasteiger partial charge in [0, 0.05) is 6.07 Å². The fourth-order valence-corrected chi connectivity index (χ4v) is 1.78. The van der Waals surface area contributed by atoms with Crippen LogP contribution < -0.4 is 4.74 Å². The molecule has 4 nitrogen and oxygen atoms in total. The van der Waals surface area contributed by atoms with Crippen LogP contribution >= 0.6 is 11.6 Å². The normalized spacial score (nSPS) is 10.3. The van der Waals surface area contributed by atoms with Crippen molar-refractivity contribution in [3.63, 3.8) is 0 Å². The Morgan fingerprint density at radius 1 is 1.25 bits per heavy atom. The molecule has 104 valence electrons. The van der Waals surface area contributed by atoms with Gasteiger partial charge in [-0.15, -0.1) is 0 Å². The Morgan fingerprint density at radius 3 is 2.50 bits per heavy atom. The van der Waals surface area contributed by atoms with Crippen LogP contribution in [0.5, 0.6) is 11.5 Å². The first-order valence-electron chi connectivity index (χ1n) is 5.60. The summed E-state index contributed by atoms with van der Waals surface area (Å²) >= 11 is 5.72. The highest BCUT2D eigenvalue weighted by Crippen LogP contribution is 2.32. The van der Waals surface area contributed by atoms with Crippen molar-refractivity contribution in [2.24, 2.45) is 0 Å². The third-order valence-electron chi connectivity index (χ3n) is 2.59. The molecule has 0 bridgehead atoms. The van der Waals surface area contributed by atoms with Crippen LogP contribution in [0, 0.1) is 5.82 Å². The molecule has 0 fully saturated rings. The lowest BCUT2D eigenvalue weighted by atomic mass is 10.2. The Bertz CT molecular complexity index is 640. The van der Waals surface area contributed by atoms with Crippen LogP contribution in [0.2, 0.25) is 5.02 Å². The van der Waals surface area contributed by atoms with Crippen LogP contribution in [0.1, 0.15) is 15.9 Å². The maximum absolute atomic E-state index is 12.7. The number of phenols is 1. The summed E-state index contributed by atoms with van der Waals surface area (Å²) in [6.45, 7) is 0.125. The van der Waals surface area contributed by atoms with Crippen molar-refractivity contribution >= 4 is 17.6 Å². The quantitative estimate of drug-likeness (QED) is 0.906. The molecule has 0 saturated carbocycles. The third-order valence-corrected chi connectivity index (χ3v) is 2.87. The Balaban J connectivity index is 2.17. The number of carbonyl (C=O) groups is 1. The van der Waals surface area contributed by atoms with Crippen LogP contribution in [-0.2, 0) is 6.61 Å². The summed E-state index contributed by atoms with van der Waals surface area (Å²) in [5.41, 5.74) is 0.374. The number of benzene rings is 2. The summed E-state index contributed by atoms with van der Waals surface area (Å²) in [6, 6.07) is 8.18. The van der Waals surface area contributed by atoms with Crippen molar-refractivity contribution in [1.82, 2.24) is 0 Å². The van der Waals surface area contributed by atoms with Crippen molar-refractivity contribution in [2.75, 3.05) is 0 Å². The molecule has 0 heterocycles. The van der Waals surface area contributed by atoms with E-state index in [2.05, 4.69) is 0 Å². The maximum Gasteiger partial charge on any atom is 0.339 e. The van der Waals surface area contributed by atoms with Gasteiger partial charge in [0.25, 0.3) is 0 Å². The van der Waals surface area contributed by atoms with Crippen LogP contribution in [0.3, 0.4) is 0 Å². The van der Waals surface area contributed by atoms with Crippen molar-refractivity contribution < 1.29 is 24.1 Å². The molecule has 0 aromatic heterocycles. The largest absolute Gasteiger partial charge is 0.505 e. The Labute approximate surface area is 119 Å². The number of ether oxygens (including phenoxy) is 1. The lowest BCUT2D eigenvalue weighted by Gasteiger charge is -2.09. The first-order chi connectivity index (χ1) is 9.47. The molecule has 20 heavy (non-hydrogen) atoms. The van der Waals surface area contributed by atoms with Crippen molar-refractivity contribution in [3.8, 4) is 11.5 Å². The van der Waals surface area contributed by atoms with Gasteiger partial charge in [-0.3, -0.25) is 0 Å². The van der Waals surface area contributed by atoms with E-state index in [0.29, 0.717) is 5.56 Å². The van der Waals surface area contributed by atoms with Crippen molar-refractivity contribution in [3.05, 3.63) is 58.4 Å². The summed E-state index contributed by atoms with van der Waals surface area (Å²) in [5, 5.41) is 18.3. The number of carboxylic acid groups (broad SMARTS) is 1. The molecular formula is C14H10ClFO4. The molecule has 0 aliphatic rings. The number of hydrogen-bond donors (Lipinski definition) is 2. The van der Waals surface area contributed by atoms with Gasteiger partial charge in [-0.2, -0.15) is 0 Å². The van der Waals surface area contributed by atoms with Gasteiger partial charge in [-0.05, 0) is 23.8 Å². The summed E-state index contributed by atoms with van der Waals surface area (Å²) in [5.74, 6) is -1.96. The smallest absolute Gasteiger partial charge is 0.339 e. The number of hydrogen-bond acceptors (Lipinski definition) is 3. The highest BCUT2D eigenvalue weighted by molar-refractivity contribution is 6.32. The zero-order chi connectivity index (χ0) is 14.7. The van der Waals surface area contributed by atoms with E-state index in [1.54, 1.807) is 12.1 Å². The molecule has 0 atom stereocenters. The fraction of sp³-hybridized carbons (Fsp3) is 0.0714. The Hall–Kier alpha value is -2.27. The van der Waals surface area contributed by atoms with Gasteiger partial charge in [0.05, 0.1) is 5.02 Å². The molecule has 6 heteroatoms. The highest BCUT2D eigenvalue weighted by Gasteiger charge is 2.15. The first kappa shape index (κ1) is 14.1. The van der Waals surface area contributed by atoms with E-state index in [-0.39, 0.29) is 28.8 Å². The van der Waals surface area contributed by atoms with Crippen LogP contribution in [0.4, 0.5) is 4.39 Å². The average Bonchev–Trinajstić information content (AvgIpc) is 2.41. The lowest BCUT2D eigenvalue weighted by Crippen LogP contribution is -2.00. The molecule has 2 N–H and O–H groups in total. The monoisotopic (exact) mass is 296 g/mol. The molecule has 0 aliphatic heterocycles. The summed E-state index contributed by atoms with van der Waals surface area (Å²) in [4.78, 5) is 10.9. The van der Waals surface area contributed by atoms with Crippen molar-refractivity contribution in [1.29, 1.82) is 0 Å². The zero-order valence-electron chi connectivity index (χ0n) is 10.1. The summed E-state index contributed by atoms with van der Waals surface area (Å²) < 4.78 is 18.1. The highest BCUT2D eigenvalue weighted by atomic mass is 35.5. The molecule has 0 amide bonds. The molecular weight excluding hydrogens is 287 g/mol. The predicted molar refractivity (Wildman–Crippen MR) is 70.8 cm³/mol. The van der Waals surface area contributed by atoms with Gasteiger partial charge in [-0.1, -0.05) is 23.7 Å². The van der Waals surface area contributed by atoms with E-state index in [9.17, 15) is 14.3 Å². The van der Waals surface area contributed by atoms with E-state index in [1.165, 1.54) is 24.3 Å². The van der Waals surface area contributed by atoms with Gasteiger partial charge in [0.15, 0.2) is 0 Å². The summed E-state index contributed by atoms with van der Waals surface area (Å²) in [6.07, 6.45) is 0. The number of aromatic carboxylic acids is 1. The fourth-order valence-electron chi connectivity index (χ4n) is 1.57. The summed E-state index contributed by atoms with van der Waals surface area (Å²) in [7, 11) is 0. The van der Waals surface area contributed by atoms with E-state index in [1.807, 2.05) is 0 Å². The minimum Gasteiger partial charge on any atom is -0.505 e. The SMILES string of the molecule is O=C(O)c1cc(OCc2ccc(F)cc2)cc(Cl)c1O. The minimum absolute atomic E-state index is 0.112. The van der Waals surface area contributed by atoms with Crippen LogP contribution in [-0.4, -0.2) is 16.2 Å². The molecule has 0 spiro atoms. The van der Waals surface area contributed by atoms with Gasteiger partial charge < -0.3 is 14.9 Å². The minimum atomic E-state index is -1.31. The number of carboxylic acids is 1. The van der Waals surface area contributed by atoms with Gasteiger partial charge in [0.1, 0.15) is 29.5 Å². The standard InChI is InChI=1S/C14H10ClFO4/c15-12-6-10(5-11(13(12)17)14(18)19)20-7-8-1-3-9(16)4-2-8/h1-6,17H,7H2,(H,18,19). The predicted octanol–water partition coefficient (Wildman–Crippen LogP) is 3.46. The Morgan fingerprint density at radius 2 is 1.90 bits per heavy atom. The van der Waals surface area contributed by atoms with Gasteiger partial charge >= 0.3 is 5.97 Å². The van der Waals surface area contributed by atoms with Crippen molar-refractivity contribution in [2.45, 2.75) is 6.61 Å². The second-order valence-corrected chi connectivity index (χ2v) is 4.43. The molecule has 2 rings (SSSR count). The molecule has 0 unspecified atom stereocenters. The maximum atomic E-state index is 12.7. The van der Waals surface area contributed by atoms with E-state index >= 15 is 0 Å². The topological polar surface area (TPSA) is 66.8 Å². The van der Waals surface area contributed by atoms with Crippen LogP contribution in [0.25, 0.3) is 0 Å². The van der Waals surface area contributed by atoms with Gasteiger partial charge in [0.2, 0.25) is 0 Å². The number of aromatic hydroxyl groups is 1. The number of rotatable bonds is 4.